The summed E-state index contributed by atoms with van der Waals surface area (Å²) in [6, 6.07) is 0. The van der Waals surface area contributed by atoms with Crippen molar-refractivity contribution in [1.82, 2.24) is 10.6 Å². The number of hydrogen-bond donors (Lipinski definition) is 2. The molecule has 3 unspecified atom stereocenters. The monoisotopic (exact) mass is 640 g/mol. The summed E-state index contributed by atoms with van der Waals surface area (Å²) in [5.74, 6) is 7.83. The van der Waals surface area contributed by atoms with Gasteiger partial charge in [-0.3, -0.25) is 0 Å². The minimum atomic E-state index is -0.0587. The van der Waals surface area contributed by atoms with E-state index >= 15 is 0 Å². The molecule has 10 aliphatic carbocycles. The van der Waals surface area contributed by atoms with Gasteiger partial charge in [-0.1, -0.05) is 44.4 Å². The summed E-state index contributed by atoms with van der Waals surface area (Å²) in [7, 11) is 3.58. The van der Waals surface area contributed by atoms with E-state index in [1.165, 1.54) is 45.2 Å². The molecular weight excluding hydrogens is 582 g/mol. The molecule has 8 saturated carbocycles. The number of allylic oxidation sites excluding steroid dienone is 10. The summed E-state index contributed by atoms with van der Waals surface area (Å²) in [4.78, 5) is 0. The minimum absolute atomic E-state index is 0.0587. The maximum Gasteiger partial charge on any atom is 0.0182 e. The van der Waals surface area contributed by atoms with Crippen LogP contribution < -0.4 is 10.6 Å². The summed E-state index contributed by atoms with van der Waals surface area (Å²) in [6.07, 6.45) is 39.4. The number of rotatable bonds is 7. The fourth-order valence-corrected chi connectivity index (χ4v) is 20.7. The third-order valence-corrected chi connectivity index (χ3v) is 20.9. The lowest BCUT2D eigenvalue weighted by molar-refractivity contribution is 0.0187. The van der Waals surface area contributed by atoms with Gasteiger partial charge in [-0.15, -0.1) is 9.24 Å². The third kappa shape index (κ3) is 4.75. The van der Waals surface area contributed by atoms with Gasteiger partial charge in [0.25, 0.3) is 0 Å². The van der Waals surface area contributed by atoms with Crippen LogP contribution in [0.1, 0.15) is 96.3 Å². The quantitative estimate of drug-likeness (QED) is 0.272. The molecule has 8 bridgehead atoms. The lowest BCUT2D eigenvalue weighted by Crippen LogP contribution is -2.57. The van der Waals surface area contributed by atoms with Crippen molar-refractivity contribution < 1.29 is 0 Å². The van der Waals surface area contributed by atoms with Crippen molar-refractivity contribution in [3.63, 3.8) is 0 Å². The molecule has 0 amide bonds. The van der Waals surface area contributed by atoms with Crippen molar-refractivity contribution in [3.8, 4) is 0 Å². The Kier molecular flexibility index (Phi) is 7.18. The Morgan fingerprint density at radius 1 is 0.711 bits per heavy atom. The molecule has 0 aromatic carbocycles. The summed E-state index contributed by atoms with van der Waals surface area (Å²) in [5, 5.41) is 9.21. The molecule has 12 aliphatic rings. The van der Waals surface area contributed by atoms with Crippen LogP contribution in [0.15, 0.2) is 58.7 Å². The second kappa shape index (κ2) is 11.0. The molecule has 242 valence electrons. The van der Waals surface area contributed by atoms with Gasteiger partial charge in [0.15, 0.2) is 0 Å². The highest BCUT2D eigenvalue weighted by atomic mass is 31.1. The van der Waals surface area contributed by atoms with Gasteiger partial charge < -0.3 is 10.6 Å². The Hall–Kier alpha value is -0.520. The van der Waals surface area contributed by atoms with Gasteiger partial charge in [0.1, 0.15) is 0 Å². The van der Waals surface area contributed by atoms with Crippen LogP contribution >= 0.6 is 17.2 Å². The molecule has 2 heterocycles. The predicted octanol–water partition coefficient (Wildman–Crippen LogP) is 8.92. The molecule has 0 radical (unpaired) electrons. The SMILES string of the molecule is PC(C1=CC(=C2C=CC=CC2)C=C1CP(C12CC3CC(CC(C3)C1)C2)C12CC3CC(CC(C3)C1)C2)(C1CCNC1)C1CCNC1. The molecule has 12 rings (SSSR count). The maximum atomic E-state index is 3.82. The summed E-state index contributed by atoms with van der Waals surface area (Å²) < 4.78 is 0. The van der Waals surface area contributed by atoms with Crippen LogP contribution in [0.4, 0.5) is 0 Å². The van der Waals surface area contributed by atoms with E-state index in [0.717, 1.165) is 53.8 Å². The van der Waals surface area contributed by atoms with Gasteiger partial charge in [-0.05, 0) is 209 Å². The van der Waals surface area contributed by atoms with E-state index in [9.17, 15) is 0 Å². The van der Waals surface area contributed by atoms with Gasteiger partial charge in [-0.2, -0.15) is 0 Å². The molecule has 0 aromatic heterocycles. The van der Waals surface area contributed by atoms with Gasteiger partial charge in [-0.25, -0.2) is 0 Å². The van der Waals surface area contributed by atoms with E-state index < -0.39 is 0 Å². The molecule has 2 saturated heterocycles. The van der Waals surface area contributed by atoms with E-state index in [0.29, 0.717) is 10.3 Å². The topological polar surface area (TPSA) is 24.1 Å². The van der Waals surface area contributed by atoms with Crippen LogP contribution in [-0.2, 0) is 0 Å². The molecule has 2 N–H and O–H groups in total. The first-order chi connectivity index (χ1) is 22.0. The molecule has 4 heteroatoms. The number of hydrogen-bond acceptors (Lipinski definition) is 2. The molecular formula is C41H58N2P2. The Bertz CT molecular complexity index is 1240. The zero-order chi connectivity index (χ0) is 29.8. The van der Waals surface area contributed by atoms with E-state index in [1.807, 2.05) is 5.57 Å². The summed E-state index contributed by atoms with van der Waals surface area (Å²) in [5.41, 5.74) is 6.73. The van der Waals surface area contributed by atoms with Crippen LogP contribution in [0.25, 0.3) is 0 Å². The average Bonchev–Trinajstić information content (AvgIpc) is 3.82. The second-order valence-electron chi connectivity index (χ2n) is 18.4. The Labute approximate surface area is 277 Å². The van der Waals surface area contributed by atoms with Crippen LogP contribution in [0.5, 0.6) is 0 Å². The lowest BCUT2D eigenvalue weighted by atomic mass is 9.55. The largest absolute Gasteiger partial charge is 0.316 e. The van der Waals surface area contributed by atoms with Crippen molar-refractivity contribution in [1.29, 1.82) is 0 Å². The van der Waals surface area contributed by atoms with Crippen LogP contribution in [-0.4, -0.2) is 47.8 Å². The van der Waals surface area contributed by atoms with Gasteiger partial charge in [0.2, 0.25) is 0 Å². The fraction of sp³-hybridized carbons (Fsp3) is 0.756. The third-order valence-electron chi connectivity index (χ3n) is 15.7. The van der Waals surface area contributed by atoms with Crippen molar-refractivity contribution in [2.45, 2.75) is 112 Å². The first kappa shape index (κ1) is 29.4. The molecule has 0 aromatic rings. The summed E-state index contributed by atoms with van der Waals surface area (Å²) in [6.45, 7) is 4.78. The molecule has 2 nitrogen and oxygen atoms in total. The van der Waals surface area contributed by atoms with Crippen LogP contribution in [0.2, 0.25) is 0 Å². The molecule has 45 heavy (non-hydrogen) atoms. The lowest BCUT2D eigenvalue weighted by Gasteiger charge is -2.68. The van der Waals surface area contributed by atoms with Crippen molar-refractivity contribution >= 4 is 17.2 Å². The highest BCUT2D eigenvalue weighted by Gasteiger charge is 2.63. The number of nitrogens with one attached hydrogen (secondary N) is 2. The predicted molar refractivity (Wildman–Crippen MR) is 194 cm³/mol. The standard InChI is InChI=1S/C41H58N2P2/c44-41(36-6-8-42-24-36,37-7-9-43-25-37)38-17-34(33-4-2-1-3-5-33)16-35(38)26-45(39-18-27-10-28(19-39)12-29(11-27)20-39)40-21-30-13-31(22-40)15-32(14-30)23-40/h1-4,16-17,27-32,36-37,42-43H,5-15,18-26,44H2. The molecule has 0 spiro atoms. The Morgan fingerprint density at radius 3 is 1.64 bits per heavy atom. The average molecular weight is 641 g/mol. The van der Waals surface area contributed by atoms with Crippen molar-refractivity contribution in [2.24, 2.45) is 47.3 Å². The Morgan fingerprint density at radius 2 is 1.22 bits per heavy atom. The highest BCUT2D eigenvalue weighted by Crippen LogP contribution is 2.79. The van der Waals surface area contributed by atoms with Gasteiger partial charge >= 0.3 is 0 Å². The smallest absolute Gasteiger partial charge is 0.0182 e. The zero-order valence-corrected chi connectivity index (χ0v) is 29.8. The molecule has 10 fully saturated rings. The molecule has 2 aliphatic heterocycles. The fourth-order valence-electron chi connectivity index (χ4n) is 14.7. The van der Waals surface area contributed by atoms with E-state index in [2.05, 4.69) is 56.3 Å². The first-order valence-corrected chi connectivity index (χ1v) is 21.6. The zero-order valence-electron chi connectivity index (χ0n) is 27.7. The van der Waals surface area contributed by atoms with Crippen LogP contribution in [0, 0.1) is 47.3 Å². The maximum absolute atomic E-state index is 3.82. The molecule has 3 atom stereocenters. The van der Waals surface area contributed by atoms with Crippen molar-refractivity contribution in [3.05, 3.63) is 58.7 Å². The second-order valence-corrected chi connectivity index (χ2v) is 22.4. The van der Waals surface area contributed by atoms with E-state index in [-0.39, 0.29) is 13.1 Å². The summed E-state index contributed by atoms with van der Waals surface area (Å²) >= 11 is 0. The van der Waals surface area contributed by atoms with E-state index in [4.69, 9.17) is 0 Å². The highest BCUT2D eigenvalue weighted by molar-refractivity contribution is 7.61. The van der Waals surface area contributed by atoms with Crippen molar-refractivity contribution in [2.75, 3.05) is 32.3 Å². The first-order valence-electron chi connectivity index (χ1n) is 19.5. The van der Waals surface area contributed by atoms with Gasteiger partial charge in [0, 0.05) is 5.16 Å². The normalized spacial score (nSPS) is 49.5. The van der Waals surface area contributed by atoms with Gasteiger partial charge in [0.05, 0.1) is 0 Å². The van der Waals surface area contributed by atoms with E-state index in [1.54, 1.807) is 93.8 Å². The minimum Gasteiger partial charge on any atom is -0.316 e. The van der Waals surface area contributed by atoms with Crippen LogP contribution in [0.3, 0.4) is 0 Å². The Balaban J connectivity index is 1.10.